The average molecular weight is 690 g/mol. The minimum absolute atomic E-state index is 0.125. The molecule has 0 atom stereocenters. The number of alkyl halides is 1. The van der Waals surface area contributed by atoms with Crippen LogP contribution in [0.25, 0.3) is 0 Å². The third-order valence-electron chi connectivity index (χ3n) is 8.08. The van der Waals surface area contributed by atoms with Crippen molar-refractivity contribution < 1.29 is 32.8 Å². The molecule has 3 aromatic carbocycles. The highest BCUT2D eigenvalue weighted by Crippen LogP contribution is 2.52. The number of nitrogens with one attached hydrogen (secondary N) is 1. The maximum Gasteiger partial charge on any atom is 0.343 e. The Labute approximate surface area is 285 Å². The number of urea groups is 1. The number of rotatable bonds is 10. The molecule has 3 aromatic rings. The number of anilines is 3. The fourth-order valence-electron chi connectivity index (χ4n) is 5.73. The van der Waals surface area contributed by atoms with Crippen molar-refractivity contribution in [2.75, 3.05) is 33.7 Å². The van der Waals surface area contributed by atoms with E-state index in [0.717, 1.165) is 21.2 Å². The first-order valence-electron chi connectivity index (χ1n) is 15.0. The van der Waals surface area contributed by atoms with Crippen LogP contribution in [0.15, 0.2) is 119 Å². The van der Waals surface area contributed by atoms with Crippen molar-refractivity contribution in [1.82, 2.24) is 5.32 Å². The highest BCUT2D eigenvalue weighted by atomic mass is 35.5. The molecule has 5 amide bonds. The Hall–Kier alpha value is -4.72. The standard InChI is InChI=1S/C35H35ClN4O7S/c1-35(2)28-22-26(48(45,46)47)18-19-29(28)38(21-11-20-37-31(41)23-36)30(35)17-10-9-16-27-32(42)39(24-12-5-3-6-13-24)34(44)40(33(27)43)25-14-7-4-8-15-25/h3-10,12-19,22,45-47H,11,20-21,23H2,1-2H3,(H,37,41)/p-1/b10-9+,30-17+. The van der Waals surface area contributed by atoms with E-state index < -0.39 is 34.1 Å². The van der Waals surface area contributed by atoms with Crippen LogP contribution >= 0.6 is 22.5 Å². The lowest BCUT2D eigenvalue weighted by Gasteiger charge is -2.34. The normalized spacial score (nSPS) is 17.4. The first-order chi connectivity index (χ1) is 22.9. The molecule has 1 fully saturated rings. The summed E-state index contributed by atoms with van der Waals surface area (Å²) in [5.74, 6) is -1.97. The van der Waals surface area contributed by atoms with Gasteiger partial charge in [0, 0.05) is 34.8 Å². The molecule has 0 bridgehead atoms. The molecule has 0 unspecified atom stereocenters. The summed E-state index contributed by atoms with van der Waals surface area (Å²) >= 11 is 5.60. The molecule has 0 radical (unpaired) electrons. The maximum atomic E-state index is 13.6. The van der Waals surface area contributed by atoms with Crippen LogP contribution < -0.4 is 20.0 Å². The van der Waals surface area contributed by atoms with E-state index in [2.05, 4.69) is 5.32 Å². The number of fused-ring (bicyclic) bond motifs is 1. The fourth-order valence-corrected chi connectivity index (χ4v) is 6.34. The number of para-hydroxylation sites is 2. The summed E-state index contributed by atoms with van der Waals surface area (Å²) in [7, 11) is -4.21. The largest absolute Gasteiger partial charge is 0.769 e. The molecule has 0 saturated carbocycles. The van der Waals surface area contributed by atoms with E-state index in [1.54, 1.807) is 78.9 Å². The Morgan fingerprint density at radius 3 is 2.00 bits per heavy atom. The van der Waals surface area contributed by atoms with Gasteiger partial charge in [0.2, 0.25) is 5.91 Å². The SMILES string of the molecule is CC1(C)/C(=C\C=C\C=C2C(=O)N(c3ccccc3)C(=O)N(c3ccccc3)C2=O)N(CCCNC(=O)CCl)c2ccc(S([O-])(O)O)cc21. The average Bonchev–Trinajstić information content (AvgIpc) is 3.27. The van der Waals surface area contributed by atoms with Gasteiger partial charge in [-0.3, -0.25) is 14.4 Å². The van der Waals surface area contributed by atoms with Crippen molar-refractivity contribution in [3.8, 4) is 0 Å². The topological polar surface area (TPSA) is 154 Å². The van der Waals surface area contributed by atoms with E-state index in [4.69, 9.17) is 11.6 Å². The Balaban J connectivity index is 1.50. The number of hydrogen-bond acceptors (Lipinski definition) is 8. The van der Waals surface area contributed by atoms with Crippen molar-refractivity contribution in [1.29, 1.82) is 0 Å². The van der Waals surface area contributed by atoms with E-state index in [9.17, 15) is 32.8 Å². The van der Waals surface area contributed by atoms with E-state index in [-0.39, 0.29) is 22.3 Å². The minimum atomic E-state index is -4.21. The highest BCUT2D eigenvalue weighted by molar-refractivity contribution is 8.19. The van der Waals surface area contributed by atoms with Crippen LogP contribution in [-0.2, 0) is 19.8 Å². The molecule has 5 rings (SSSR count). The number of halogens is 1. The molecule has 0 aromatic heterocycles. The molecule has 1 saturated heterocycles. The van der Waals surface area contributed by atoms with Gasteiger partial charge in [-0.05, 0) is 66.6 Å². The van der Waals surface area contributed by atoms with Crippen LogP contribution in [-0.4, -0.2) is 56.4 Å². The lowest BCUT2D eigenvalue weighted by Crippen LogP contribution is -2.57. The van der Waals surface area contributed by atoms with Crippen LogP contribution in [0.1, 0.15) is 25.8 Å². The predicted molar refractivity (Wildman–Crippen MR) is 186 cm³/mol. The molecule has 2 heterocycles. The smallest absolute Gasteiger partial charge is 0.343 e. The van der Waals surface area contributed by atoms with Gasteiger partial charge >= 0.3 is 6.03 Å². The number of amides is 5. The van der Waals surface area contributed by atoms with Crippen molar-refractivity contribution in [2.24, 2.45) is 0 Å². The van der Waals surface area contributed by atoms with Gasteiger partial charge in [-0.25, -0.2) is 14.6 Å². The number of carbonyl (C=O) groups is 4. The van der Waals surface area contributed by atoms with Crippen LogP contribution in [0.4, 0.5) is 21.9 Å². The van der Waals surface area contributed by atoms with Crippen molar-refractivity contribution >= 4 is 63.3 Å². The van der Waals surface area contributed by atoms with Gasteiger partial charge in [0.15, 0.2) is 0 Å². The van der Waals surface area contributed by atoms with Crippen LogP contribution in [0.3, 0.4) is 0 Å². The molecule has 0 spiro atoms. The minimum Gasteiger partial charge on any atom is -0.769 e. The van der Waals surface area contributed by atoms with E-state index in [1.807, 2.05) is 18.7 Å². The van der Waals surface area contributed by atoms with Gasteiger partial charge in [-0.2, -0.15) is 0 Å². The van der Waals surface area contributed by atoms with E-state index in [0.29, 0.717) is 36.4 Å². The summed E-state index contributed by atoms with van der Waals surface area (Å²) in [6.07, 6.45) is 6.92. The summed E-state index contributed by atoms with van der Waals surface area (Å²) in [5, 5.41) is 2.74. The van der Waals surface area contributed by atoms with E-state index >= 15 is 0 Å². The second-order valence-corrected chi connectivity index (χ2v) is 13.3. The molecule has 0 aliphatic carbocycles. The summed E-state index contributed by atoms with van der Waals surface area (Å²) in [6, 6.07) is 20.5. The number of carbonyl (C=O) groups excluding carboxylic acids is 4. The van der Waals surface area contributed by atoms with Gasteiger partial charge in [0.1, 0.15) is 11.5 Å². The lowest BCUT2D eigenvalue weighted by molar-refractivity contribution is -0.121. The fraction of sp³-hybridized carbons (Fsp3) is 0.200. The first-order valence-corrected chi connectivity index (χ1v) is 17.0. The number of imide groups is 2. The Morgan fingerprint density at radius 2 is 1.46 bits per heavy atom. The quantitative estimate of drug-likeness (QED) is 0.0965. The number of nitrogens with zero attached hydrogens (tertiary/aromatic N) is 3. The second-order valence-electron chi connectivity index (χ2n) is 11.5. The van der Waals surface area contributed by atoms with Crippen LogP contribution in [0.5, 0.6) is 0 Å². The second kappa shape index (κ2) is 14.2. The number of hydrogen-bond donors (Lipinski definition) is 3. The van der Waals surface area contributed by atoms with Gasteiger partial charge in [0.05, 0.1) is 11.4 Å². The molecule has 2 aliphatic heterocycles. The molecular formula is C35H34ClN4O7S-. The molecule has 48 heavy (non-hydrogen) atoms. The number of benzene rings is 3. The van der Waals surface area contributed by atoms with Crippen molar-refractivity contribution in [3.05, 3.63) is 120 Å². The van der Waals surface area contributed by atoms with Crippen LogP contribution in [0.2, 0.25) is 0 Å². The molecule has 13 heteroatoms. The van der Waals surface area contributed by atoms with E-state index in [1.165, 1.54) is 24.3 Å². The predicted octanol–water partition coefficient (Wildman–Crippen LogP) is 6.34. The highest BCUT2D eigenvalue weighted by Gasteiger charge is 2.43. The third-order valence-corrected chi connectivity index (χ3v) is 9.19. The maximum absolute atomic E-state index is 13.6. The molecule has 11 nitrogen and oxygen atoms in total. The Bertz CT molecular complexity index is 1760. The van der Waals surface area contributed by atoms with Gasteiger partial charge < -0.3 is 23.9 Å². The Kier molecular flexibility index (Phi) is 10.2. The summed E-state index contributed by atoms with van der Waals surface area (Å²) in [6.45, 7) is 4.68. The van der Waals surface area contributed by atoms with Gasteiger partial charge in [-0.1, -0.05) is 73.3 Å². The molecule has 2 aliphatic rings. The zero-order valence-corrected chi connectivity index (χ0v) is 27.8. The Morgan fingerprint density at radius 1 is 0.896 bits per heavy atom. The molecule has 250 valence electrons. The summed E-state index contributed by atoms with van der Waals surface area (Å²) in [4.78, 5) is 56.3. The zero-order valence-electron chi connectivity index (χ0n) is 26.2. The summed E-state index contributed by atoms with van der Waals surface area (Å²) in [5.41, 5.74) is 1.94. The lowest BCUT2D eigenvalue weighted by atomic mass is 9.83. The third kappa shape index (κ3) is 6.93. The number of barbiturate groups is 1. The van der Waals surface area contributed by atoms with Gasteiger partial charge in [0.25, 0.3) is 11.8 Å². The monoisotopic (exact) mass is 689 g/mol. The molecule has 3 N–H and O–H groups in total. The van der Waals surface area contributed by atoms with Crippen molar-refractivity contribution in [3.63, 3.8) is 0 Å². The first kappa shape index (κ1) is 34.6. The van der Waals surface area contributed by atoms with Crippen LogP contribution in [0, 0.1) is 0 Å². The van der Waals surface area contributed by atoms with Gasteiger partial charge in [-0.15, -0.1) is 11.6 Å². The zero-order chi connectivity index (χ0) is 34.6. The van der Waals surface area contributed by atoms with Crippen molar-refractivity contribution in [2.45, 2.75) is 30.6 Å². The molecular weight excluding hydrogens is 656 g/mol. The summed E-state index contributed by atoms with van der Waals surface area (Å²) < 4.78 is 31.7. The number of allylic oxidation sites excluding steroid dienone is 5.